The van der Waals surface area contributed by atoms with Crippen LogP contribution in [0.4, 0.5) is 0 Å². The molecule has 3 rings (SSSR count). The van der Waals surface area contributed by atoms with E-state index in [4.69, 9.17) is 14.2 Å². The maximum atomic E-state index is 11.4. The van der Waals surface area contributed by atoms with Crippen molar-refractivity contribution in [1.29, 1.82) is 0 Å². The number of phenolic OH excluding ortho intramolecular Hbond substituents is 1. The fourth-order valence-corrected chi connectivity index (χ4v) is 3.34. The zero-order valence-electron chi connectivity index (χ0n) is 16.7. The molecule has 0 aliphatic carbocycles. The van der Waals surface area contributed by atoms with Gasteiger partial charge in [0.25, 0.3) is 0 Å². The van der Waals surface area contributed by atoms with Crippen molar-refractivity contribution in [2.45, 2.75) is 32.8 Å². The molecule has 6 nitrogen and oxygen atoms in total. The Morgan fingerprint density at radius 2 is 1.86 bits per heavy atom. The lowest BCUT2D eigenvalue weighted by molar-refractivity contribution is -0.142. The first-order valence-corrected chi connectivity index (χ1v) is 9.38. The van der Waals surface area contributed by atoms with E-state index >= 15 is 0 Å². The van der Waals surface area contributed by atoms with Crippen LogP contribution in [0.15, 0.2) is 42.5 Å². The molecule has 2 aromatic rings. The molecule has 1 aliphatic heterocycles. The van der Waals surface area contributed by atoms with E-state index < -0.39 is 0 Å². The maximum absolute atomic E-state index is 11.4. The molecule has 1 N–H and O–H groups in total. The van der Waals surface area contributed by atoms with E-state index in [0.717, 1.165) is 28.0 Å². The minimum atomic E-state index is -0.350. The summed E-state index contributed by atoms with van der Waals surface area (Å²) >= 11 is 0. The van der Waals surface area contributed by atoms with Gasteiger partial charge in [-0.1, -0.05) is 18.2 Å². The molecule has 0 fully saturated rings. The second-order valence-corrected chi connectivity index (χ2v) is 7.00. The lowest BCUT2D eigenvalue weighted by atomic mass is 9.90. The molecule has 29 heavy (non-hydrogen) atoms. The maximum Gasteiger partial charge on any atom is 0.302 e. The Morgan fingerprint density at radius 1 is 1.10 bits per heavy atom. The largest absolute Gasteiger partial charge is 0.508 e. The van der Waals surface area contributed by atoms with Crippen LogP contribution >= 0.6 is 0 Å². The second-order valence-electron chi connectivity index (χ2n) is 7.00. The van der Waals surface area contributed by atoms with Gasteiger partial charge >= 0.3 is 11.9 Å². The molecule has 0 radical (unpaired) electrons. The van der Waals surface area contributed by atoms with E-state index in [1.807, 2.05) is 43.3 Å². The van der Waals surface area contributed by atoms with E-state index in [2.05, 4.69) is 0 Å². The van der Waals surface area contributed by atoms with Crippen molar-refractivity contribution >= 4 is 18.0 Å². The molecule has 6 heteroatoms. The van der Waals surface area contributed by atoms with Crippen LogP contribution in [0.2, 0.25) is 0 Å². The summed E-state index contributed by atoms with van der Waals surface area (Å²) in [6.45, 7) is 4.97. The highest BCUT2D eigenvalue weighted by Crippen LogP contribution is 2.47. The standard InChI is InChI=1S/C23H24O6/c1-14-11-18(7-8-21(14)26)23-20(13-28-16(3)25)19-12-17(6-9-22(19)29-23)5-4-10-27-15(2)24/h4-9,11-12,20,23,26H,10,13H2,1-3H3/t20-,23+/m1/s1. The predicted octanol–water partition coefficient (Wildman–Crippen LogP) is 4.06. The Morgan fingerprint density at radius 3 is 2.55 bits per heavy atom. The molecule has 2 atom stereocenters. The number of aryl methyl sites for hydroxylation is 1. The molecule has 0 unspecified atom stereocenters. The average Bonchev–Trinajstić information content (AvgIpc) is 3.03. The summed E-state index contributed by atoms with van der Waals surface area (Å²) in [5.74, 6) is 0.0951. The van der Waals surface area contributed by atoms with Gasteiger partial charge in [0.1, 0.15) is 30.8 Å². The summed E-state index contributed by atoms with van der Waals surface area (Å²) in [6, 6.07) is 11.1. The van der Waals surface area contributed by atoms with Gasteiger partial charge < -0.3 is 19.3 Å². The first-order chi connectivity index (χ1) is 13.8. The monoisotopic (exact) mass is 396 g/mol. The van der Waals surface area contributed by atoms with E-state index in [-0.39, 0.29) is 42.9 Å². The quantitative estimate of drug-likeness (QED) is 0.742. The zero-order chi connectivity index (χ0) is 21.0. The fraction of sp³-hybridized carbons (Fsp3) is 0.304. The predicted molar refractivity (Wildman–Crippen MR) is 108 cm³/mol. The highest BCUT2D eigenvalue weighted by Gasteiger charge is 2.36. The van der Waals surface area contributed by atoms with E-state index in [0.29, 0.717) is 0 Å². The normalized spacial score (nSPS) is 17.6. The first-order valence-electron chi connectivity index (χ1n) is 9.38. The average molecular weight is 396 g/mol. The molecule has 1 aliphatic rings. The second kappa shape index (κ2) is 8.82. The van der Waals surface area contributed by atoms with Crippen molar-refractivity contribution in [1.82, 2.24) is 0 Å². The minimum Gasteiger partial charge on any atom is -0.508 e. The summed E-state index contributed by atoms with van der Waals surface area (Å²) in [6.07, 6.45) is 3.30. The summed E-state index contributed by atoms with van der Waals surface area (Å²) in [7, 11) is 0. The van der Waals surface area contributed by atoms with Crippen LogP contribution in [-0.4, -0.2) is 30.3 Å². The van der Waals surface area contributed by atoms with Crippen LogP contribution in [0.1, 0.15) is 48.1 Å². The molecule has 1 heterocycles. The van der Waals surface area contributed by atoms with E-state index in [1.165, 1.54) is 13.8 Å². The van der Waals surface area contributed by atoms with E-state index in [1.54, 1.807) is 12.1 Å². The van der Waals surface area contributed by atoms with E-state index in [9.17, 15) is 14.7 Å². The Kier molecular flexibility index (Phi) is 6.22. The molecule has 0 saturated carbocycles. The van der Waals surface area contributed by atoms with Gasteiger partial charge in [-0.15, -0.1) is 0 Å². The van der Waals surface area contributed by atoms with Crippen molar-refractivity contribution in [2.24, 2.45) is 0 Å². The summed E-state index contributed by atoms with van der Waals surface area (Å²) in [5.41, 5.74) is 3.52. The van der Waals surface area contributed by atoms with Crippen molar-refractivity contribution < 1.29 is 28.9 Å². The topological polar surface area (TPSA) is 82.1 Å². The van der Waals surface area contributed by atoms with Gasteiger partial charge in [0.15, 0.2) is 0 Å². The SMILES string of the molecule is CC(=O)OCC=Cc1ccc2c(c1)[C@@H](COC(C)=O)[C@H](c1ccc(O)c(C)c1)O2. The number of phenols is 1. The Hall–Kier alpha value is -3.28. The zero-order valence-corrected chi connectivity index (χ0v) is 16.7. The molecule has 2 aromatic carbocycles. The Labute approximate surface area is 169 Å². The molecule has 0 bridgehead atoms. The number of ether oxygens (including phenoxy) is 3. The number of fused-ring (bicyclic) bond motifs is 1. The third-order valence-electron chi connectivity index (χ3n) is 4.76. The lowest BCUT2D eigenvalue weighted by Crippen LogP contribution is -2.17. The van der Waals surface area contributed by atoms with Gasteiger partial charge in [0, 0.05) is 19.4 Å². The van der Waals surface area contributed by atoms with Gasteiger partial charge in [-0.3, -0.25) is 9.59 Å². The third kappa shape index (κ3) is 4.96. The molecule has 0 spiro atoms. The van der Waals surface area contributed by atoms with Gasteiger partial charge in [-0.25, -0.2) is 0 Å². The van der Waals surface area contributed by atoms with Crippen LogP contribution in [0, 0.1) is 6.92 Å². The lowest BCUT2D eigenvalue weighted by Gasteiger charge is -2.20. The van der Waals surface area contributed by atoms with Crippen molar-refractivity contribution in [2.75, 3.05) is 13.2 Å². The first kappa shape index (κ1) is 20.5. The minimum absolute atomic E-state index is 0.181. The summed E-state index contributed by atoms with van der Waals surface area (Å²) in [5, 5.41) is 9.83. The van der Waals surface area contributed by atoms with Crippen LogP contribution < -0.4 is 4.74 Å². The molecular formula is C23H24O6. The van der Waals surface area contributed by atoms with Crippen LogP contribution in [0.3, 0.4) is 0 Å². The van der Waals surface area contributed by atoms with Gasteiger partial charge in [-0.2, -0.15) is 0 Å². The van der Waals surface area contributed by atoms with Gasteiger partial charge in [0.05, 0.1) is 5.92 Å². The fourth-order valence-electron chi connectivity index (χ4n) is 3.34. The van der Waals surface area contributed by atoms with Crippen LogP contribution in [0.5, 0.6) is 11.5 Å². The van der Waals surface area contributed by atoms with Crippen molar-refractivity contribution in [3.8, 4) is 11.5 Å². The van der Waals surface area contributed by atoms with Crippen molar-refractivity contribution in [3.05, 3.63) is 64.7 Å². The number of aromatic hydroxyl groups is 1. The Bertz CT molecular complexity index is 946. The summed E-state index contributed by atoms with van der Waals surface area (Å²) < 4.78 is 16.4. The summed E-state index contributed by atoms with van der Waals surface area (Å²) in [4.78, 5) is 22.3. The number of carbonyl (C=O) groups excluding carboxylic acids is 2. The molecule has 0 amide bonds. The highest BCUT2D eigenvalue weighted by molar-refractivity contribution is 5.66. The third-order valence-corrected chi connectivity index (χ3v) is 4.76. The smallest absolute Gasteiger partial charge is 0.302 e. The van der Waals surface area contributed by atoms with Gasteiger partial charge in [0.2, 0.25) is 0 Å². The number of hydrogen-bond acceptors (Lipinski definition) is 6. The van der Waals surface area contributed by atoms with Gasteiger partial charge in [-0.05, 0) is 54.0 Å². The van der Waals surface area contributed by atoms with Crippen LogP contribution in [0.25, 0.3) is 6.08 Å². The number of esters is 2. The van der Waals surface area contributed by atoms with Crippen molar-refractivity contribution in [3.63, 3.8) is 0 Å². The molecule has 152 valence electrons. The van der Waals surface area contributed by atoms with Crippen LogP contribution in [-0.2, 0) is 19.1 Å². The molecule has 0 saturated heterocycles. The molecule has 0 aromatic heterocycles. The molecular weight excluding hydrogens is 372 g/mol. The Balaban J connectivity index is 1.88. The number of hydrogen-bond donors (Lipinski definition) is 1. The number of carbonyl (C=O) groups is 2. The highest BCUT2D eigenvalue weighted by atomic mass is 16.5. The number of benzene rings is 2. The number of rotatable bonds is 6.